The molecule has 0 aliphatic carbocycles. The van der Waals surface area contributed by atoms with Crippen LogP contribution in [0, 0.1) is 0 Å². The minimum absolute atomic E-state index is 0.214. The minimum atomic E-state index is -0.214. The fraction of sp³-hybridized carbons (Fsp3) is 0.261. The molecule has 0 fully saturated rings. The summed E-state index contributed by atoms with van der Waals surface area (Å²) in [6.07, 6.45) is 6.01. The lowest BCUT2D eigenvalue weighted by Crippen LogP contribution is -2.34. The van der Waals surface area contributed by atoms with E-state index in [1.807, 2.05) is 42.2 Å². The average Bonchev–Trinajstić information content (AvgIpc) is 3.05. The van der Waals surface area contributed by atoms with Crippen molar-refractivity contribution in [3.8, 4) is 0 Å². The third-order valence-electron chi connectivity index (χ3n) is 5.29. The number of fused-ring (bicyclic) bond motifs is 1. The van der Waals surface area contributed by atoms with E-state index < -0.39 is 0 Å². The molecule has 2 N–H and O–H groups in total. The first-order chi connectivity index (χ1) is 14.6. The molecule has 154 valence electrons. The van der Waals surface area contributed by atoms with Gasteiger partial charge in [-0.3, -0.25) is 19.7 Å². The van der Waals surface area contributed by atoms with Gasteiger partial charge in [-0.05, 0) is 60.5 Å². The molecule has 0 saturated carbocycles. The van der Waals surface area contributed by atoms with E-state index in [0.29, 0.717) is 10.7 Å². The Hall–Kier alpha value is -3.03. The van der Waals surface area contributed by atoms with E-state index in [0.717, 1.165) is 38.2 Å². The van der Waals surface area contributed by atoms with E-state index in [4.69, 9.17) is 12.2 Å². The highest BCUT2D eigenvalue weighted by atomic mass is 32.1. The highest BCUT2D eigenvalue weighted by molar-refractivity contribution is 7.80. The van der Waals surface area contributed by atoms with Gasteiger partial charge in [-0.25, -0.2) is 0 Å². The van der Waals surface area contributed by atoms with E-state index in [1.54, 1.807) is 12.1 Å². The second kappa shape index (κ2) is 9.19. The zero-order valence-electron chi connectivity index (χ0n) is 17.0. The first kappa shape index (κ1) is 20.3. The van der Waals surface area contributed by atoms with E-state index in [2.05, 4.69) is 39.0 Å². The average molecular weight is 420 g/mol. The lowest BCUT2D eigenvalue weighted by molar-refractivity contribution is 0.0977. The summed E-state index contributed by atoms with van der Waals surface area (Å²) in [5.74, 6) is -0.214. The van der Waals surface area contributed by atoms with Gasteiger partial charge < -0.3 is 5.32 Å². The molecule has 0 atom stereocenters. The number of carbonyl (C=O) groups excluding carboxylic acids is 1. The smallest absolute Gasteiger partial charge is 0.257 e. The van der Waals surface area contributed by atoms with Crippen molar-refractivity contribution in [3.05, 3.63) is 83.2 Å². The van der Waals surface area contributed by atoms with Gasteiger partial charge in [0.2, 0.25) is 0 Å². The summed E-state index contributed by atoms with van der Waals surface area (Å²) < 4.78 is 1.85. The van der Waals surface area contributed by atoms with Crippen LogP contribution in [0.5, 0.6) is 0 Å². The van der Waals surface area contributed by atoms with Crippen LogP contribution in [-0.4, -0.2) is 38.8 Å². The van der Waals surface area contributed by atoms with Crippen LogP contribution in [0.4, 0.5) is 5.69 Å². The summed E-state index contributed by atoms with van der Waals surface area (Å²) in [6.45, 7) is 2.95. The van der Waals surface area contributed by atoms with Crippen molar-refractivity contribution < 1.29 is 4.79 Å². The third kappa shape index (κ3) is 5.11. The Morgan fingerprint density at radius 3 is 2.60 bits per heavy atom. The predicted molar refractivity (Wildman–Crippen MR) is 122 cm³/mol. The number of nitrogens with zero attached hydrogens (tertiary/aromatic N) is 3. The van der Waals surface area contributed by atoms with Crippen LogP contribution in [0.15, 0.2) is 60.9 Å². The number of anilines is 1. The molecule has 1 aliphatic heterocycles. The molecule has 0 saturated heterocycles. The second-order valence-electron chi connectivity index (χ2n) is 7.56. The summed E-state index contributed by atoms with van der Waals surface area (Å²) in [5, 5.41) is 10.4. The van der Waals surface area contributed by atoms with Crippen molar-refractivity contribution in [2.24, 2.45) is 7.05 Å². The Morgan fingerprint density at radius 1 is 1.10 bits per heavy atom. The number of hydrogen-bond donors (Lipinski definition) is 2. The van der Waals surface area contributed by atoms with Crippen molar-refractivity contribution >= 4 is 28.9 Å². The Morgan fingerprint density at radius 2 is 1.87 bits per heavy atom. The van der Waals surface area contributed by atoms with E-state index in [-0.39, 0.29) is 5.91 Å². The lowest BCUT2D eigenvalue weighted by Gasteiger charge is -2.18. The first-order valence-electron chi connectivity index (χ1n) is 10.1. The molecule has 7 heteroatoms. The Balaban J connectivity index is 1.35. The molecule has 0 spiro atoms. The monoisotopic (exact) mass is 419 g/mol. The van der Waals surface area contributed by atoms with Crippen molar-refractivity contribution in [3.63, 3.8) is 0 Å². The van der Waals surface area contributed by atoms with Crippen LogP contribution in [-0.2, 0) is 26.4 Å². The molecule has 0 unspecified atom stereocenters. The van der Waals surface area contributed by atoms with Gasteiger partial charge in [0.15, 0.2) is 5.11 Å². The normalized spacial score (nSPS) is 13.9. The lowest BCUT2D eigenvalue weighted by atomic mass is 10.0. The fourth-order valence-electron chi connectivity index (χ4n) is 3.75. The highest BCUT2D eigenvalue weighted by Crippen LogP contribution is 2.21. The number of benzene rings is 2. The zero-order chi connectivity index (χ0) is 20.9. The molecule has 2 heterocycles. The zero-order valence-corrected chi connectivity index (χ0v) is 17.8. The van der Waals surface area contributed by atoms with Gasteiger partial charge in [-0.1, -0.05) is 24.3 Å². The number of amides is 1. The van der Waals surface area contributed by atoms with Gasteiger partial charge in [-0.2, -0.15) is 5.10 Å². The van der Waals surface area contributed by atoms with Gasteiger partial charge >= 0.3 is 0 Å². The summed E-state index contributed by atoms with van der Waals surface area (Å²) in [6, 6.07) is 15.4. The van der Waals surface area contributed by atoms with Crippen LogP contribution in [0.1, 0.15) is 27.0 Å². The number of nitrogens with one attached hydrogen (secondary N) is 2. The molecule has 0 radical (unpaired) electrons. The summed E-state index contributed by atoms with van der Waals surface area (Å²) in [4.78, 5) is 14.7. The number of hydrogen-bond acceptors (Lipinski definition) is 4. The highest BCUT2D eigenvalue weighted by Gasteiger charge is 2.16. The van der Waals surface area contributed by atoms with Gasteiger partial charge in [0.05, 0.1) is 6.20 Å². The number of thiocarbonyl (C=S) groups is 1. The molecule has 1 aromatic heterocycles. The molecule has 1 aliphatic rings. The minimum Gasteiger partial charge on any atom is -0.332 e. The van der Waals surface area contributed by atoms with Crippen molar-refractivity contribution in [2.75, 3.05) is 18.4 Å². The quantitative estimate of drug-likeness (QED) is 0.636. The van der Waals surface area contributed by atoms with Gasteiger partial charge in [0.25, 0.3) is 5.91 Å². The molecular weight excluding hydrogens is 394 g/mol. The first-order valence-corrected chi connectivity index (χ1v) is 10.5. The molecule has 6 nitrogen and oxygen atoms in total. The molecular formula is C23H25N5OS. The van der Waals surface area contributed by atoms with Gasteiger partial charge in [-0.15, -0.1) is 0 Å². The number of carbonyl (C=O) groups is 1. The predicted octanol–water partition coefficient (Wildman–Crippen LogP) is 3.15. The molecule has 1 amide bonds. The maximum absolute atomic E-state index is 12.3. The van der Waals surface area contributed by atoms with Gasteiger partial charge in [0.1, 0.15) is 0 Å². The summed E-state index contributed by atoms with van der Waals surface area (Å²) >= 11 is 5.33. The summed E-state index contributed by atoms with van der Waals surface area (Å²) in [7, 11) is 1.95. The summed E-state index contributed by atoms with van der Waals surface area (Å²) in [5.41, 5.74) is 5.41. The molecule has 2 aromatic carbocycles. The number of rotatable bonds is 4. The van der Waals surface area contributed by atoms with E-state index >= 15 is 0 Å². The third-order valence-corrected chi connectivity index (χ3v) is 5.49. The van der Waals surface area contributed by atoms with E-state index in [1.165, 1.54) is 16.7 Å². The van der Waals surface area contributed by atoms with Crippen LogP contribution in [0.3, 0.4) is 0 Å². The topological polar surface area (TPSA) is 62.2 Å². The largest absolute Gasteiger partial charge is 0.332 e. The fourth-order valence-corrected chi connectivity index (χ4v) is 3.96. The van der Waals surface area contributed by atoms with Crippen LogP contribution >= 0.6 is 12.2 Å². The van der Waals surface area contributed by atoms with Crippen molar-refractivity contribution in [2.45, 2.75) is 19.4 Å². The molecule has 30 heavy (non-hydrogen) atoms. The standard InChI is InChI=1S/C23H25N5OS/c1-27-15-17(14-24-27)16-28-11-9-18-7-8-21(13-20(18)10-12-28)25-23(30)26-22(29)19-5-3-2-4-6-19/h2-8,13-15H,9-12,16H2,1H3,(H2,25,26,29,30). The SMILES string of the molecule is Cn1cc(CN2CCc3ccc(NC(=S)NC(=O)c4ccccc4)cc3CC2)cn1. The Kier molecular flexibility index (Phi) is 6.21. The van der Waals surface area contributed by atoms with E-state index in [9.17, 15) is 4.79 Å². The Bertz CT molecular complexity index is 1050. The molecule has 0 bridgehead atoms. The molecule has 3 aromatic rings. The van der Waals surface area contributed by atoms with Crippen molar-refractivity contribution in [1.29, 1.82) is 0 Å². The number of aromatic nitrogens is 2. The van der Waals surface area contributed by atoms with Gasteiger partial charge in [0, 0.05) is 49.7 Å². The maximum Gasteiger partial charge on any atom is 0.257 e. The van der Waals surface area contributed by atoms with Crippen LogP contribution in [0.2, 0.25) is 0 Å². The maximum atomic E-state index is 12.3. The van der Waals surface area contributed by atoms with Crippen LogP contribution < -0.4 is 10.6 Å². The van der Waals surface area contributed by atoms with Crippen LogP contribution in [0.25, 0.3) is 0 Å². The number of aryl methyl sites for hydroxylation is 1. The second-order valence-corrected chi connectivity index (χ2v) is 7.96. The Labute approximate surface area is 181 Å². The molecule has 4 rings (SSSR count). The van der Waals surface area contributed by atoms with Crippen molar-refractivity contribution in [1.82, 2.24) is 20.0 Å².